The van der Waals surface area contributed by atoms with Crippen LogP contribution in [-0.2, 0) is 4.74 Å². The molecule has 1 saturated carbocycles. The second kappa shape index (κ2) is 4.59. The number of piperazine rings is 1. The van der Waals surface area contributed by atoms with Gasteiger partial charge in [0.15, 0.2) is 0 Å². The van der Waals surface area contributed by atoms with E-state index in [2.05, 4.69) is 19.9 Å². The van der Waals surface area contributed by atoms with Gasteiger partial charge in [-0.05, 0) is 31.9 Å². The number of rotatable bonds is 1. The Labute approximate surface area is 138 Å². The maximum atomic E-state index is 12.4. The first-order valence-corrected chi connectivity index (χ1v) is 8.12. The van der Waals surface area contributed by atoms with E-state index in [9.17, 15) is 4.79 Å². The quantitative estimate of drug-likeness (QED) is 0.873. The molecule has 4 heterocycles. The topological polar surface area (TPSA) is 74.4 Å². The van der Waals surface area contributed by atoms with Crippen molar-refractivity contribution in [3.05, 3.63) is 42.2 Å². The van der Waals surface area contributed by atoms with Gasteiger partial charge in [0.25, 0.3) is 0 Å². The average Bonchev–Trinajstić information content (AvgIpc) is 3.17. The second-order valence-corrected chi connectivity index (χ2v) is 6.55. The molecular weight excluding hydrogens is 306 g/mol. The number of carbonyl (C=O) groups excluding carboxylic acids is 1. The van der Waals surface area contributed by atoms with Gasteiger partial charge >= 0.3 is 6.09 Å². The van der Waals surface area contributed by atoms with E-state index in [4.69, 9.17) is 4.74 Å². The molecule has 0 radical (unpaired) electrons. The van der Waals surface area contributed by atoms with Crippen LogP contribution in [0, 0.1) is 0 Å². The van der Waals surface area contributed by atoms with Crippen molar-refractivity contribution in [1.29, 1.82) is 0 Å². The van der Waals surface area contributed by atoms with Crippen molar-refractivity contribution in [2.75, 3.05) is 18.0 Å². The van der Waals surface area contributed by atoms with Crippen molar-refractivity contribution in [3.8, 4) is 0 Å². The molecule has 0 unspecified atom stereocenters. The summed E-state index contributed by atoms with van der Waals surface area (Å²) in [7, 11) is 0. The molecule has 7 nitrogen and oxygen atoms in total. The highest BCUT2D eigenvalue weighted by molar-refractivity contribution is 5.88. The molecule has 24 heavy (non-hydrogen) atoms. The van der Waals surface area contributed by atoms with Crippen LogP contribution in [0.15, 0.2) is 42.2 Å². The Kier molecular flexibility index (Phi) is 2.60. The number of aromatic nitrogens is 3. The number of aromatic amines is 1. The number of allylic oxidation sites excluding steroid dienone is 2. The van der Waals surface area contributed by atoms with Crippen LogP contribution in [0.5, 0.6) is 0 Å². The summed E-state index contributed by atoms with van der Waals surface area (Å²) in [5.74, 6) is 1.52. The lowest BCUT2D eigenvalue weighted by molar-refractivity contribution is 0.108. The minimum absolute atomic E-state index is 0.159. The molecule has 0 aromatic carbocycles. The van der Waals surface area contributed by atoms with Crippen LogP contribution in [0.1, 0.15) is 19.8 Å². The monoisotopic (exact) mass is 323 g/mol. The van der Waals surface area contributed by atoms with E-state index in [1.165, 1.54) is 0 Å². The number of H-pyrrole nitrogens is 1. The Morgan fingerprint density at radius 3 is 3.04 bits per heavy atom. The highest BCUT2D eigenvalue weighted by Gasteiger charge is 2.57. The maximum Gasteiger partial charge on any atom is 0.420 e. The fraction of sp³-hybridized carbons (Fsp3) is 0.353. The summed E-state index contributed by atoms with van der Waals surface area (Å²) in [6, 6.07) is 2.00. The molecule has 1 N–H and O–H groups in total. The van der Waals surface area contributed by atoms with Gasteiger partial charge in [-0.15, -0.1) is 0 Å². The molecule has 5 rings (SSSR count). The van der Waals surface area contributed by atoms with Gasteiger partial charge in [-0.25, -0.2) is 14.8 Å². The van der Waals surface area contributed by atoms with E-state index in [1.54, 1.807) is 6.33 Å². The summed E-state index contributed by atoms with van der Waals surface area (Å²) in [6.07, 6.45) is 8.96. The number of carbonyl (C=O) groups is 1. The number of nitrogens with one attached hydrogen (secondary N) is 1. The summed E-state index contributed by atoms with van der Waals surface area (Å²) < 4.78 is 5.40. The zero-order chi connectivity index (χ0) is 16.3. The van der Waals surface area contributed by atoms with Crippen molar-refractivity contribution in [1.82, 2.24) is 19.9 Å². The van der Waals surface area contributed by atoms with E-state index < -0.39 is 0 Å². The normalized spacial score (nSPS) is 23.5. The Hall–Kier alpha value is -2.83. The lowest BCUT2D eigenvalue weighted by Crippen LogP contribution is -2.57. The first-order chi connectivity index (χ1) is 11.7. The Morgan fingerprint density at radius 1 is 1.38 bits per heavy atom. The molecule has 1 spiro atoms. The summed E-state index contributed by atoms with van der Waals surface area (Å²) >= 11 is 0. The smallest absolute Gasteiger partial charge is 0.410 e. The fourth-order valence-electron chi connectivity index (χ4n) is 3.74. The van der Waals surface area contributed by atoms with Gasteiger partial charge in [-0.1, -0.05) is 0 Å². The summed E-state index contributed by atoms with van der Waals surface area (Å²) in [5.41, 5.74) is 1.65. The number of cyclic esters (lactones) is 1. The van der Waals surface area contributed by atoms with Crippen molar-refractivity contribution in [3.63, 3.8) is 0 Å². The number of nitrogens with zero attached hydrogens (tertiary/aromatic N) is 4. The van der Waals surface area contributed by atoms with E-state index in [1.807, 2.05) is 36.2 Å². The number of amides is 1. The molecule has 3 aliphatic rings. The maximum absolute atomic E-state index is 12.4. The molecule has 0 bridgehead atoms. The number of anilines is 1. The van der Waals surface area contributed by atoms with E-state index in [0.717, 1.165) is 41.9 Å². The predicted molar refractivity (Wildman–Crippen MR) is 88.2 cm³/mol. The minimum atomic E-state index is -0.257. The third kappa shape index (κ3) is 1.81. The lowest BCUT2D eigenvalue weighted by Gasteiger charge is -2.45. The van der Waals surface area contributed by atoms with Crippen LogP contribution in [-0.4, -0.2) is 44.6 Å². The first-order valence-electron chi connectivity index (χ1n) is 8.12. The number of hydrogen-bond donors (Lipinski definition) is 1. The van der Waals surface area contributed by atoms with Gasteiger partial charge < -0.3 is 14.6 Å². The highest BCUT2D eigenvalue weighted by atomic mass is 16.6. The molecule has 7 heteroatoms. The van der Waals surface area contributed by atoms with Crippen LogP contribution in [0.2, 0.25) is 0 Å². The van der Waals surface area contributed by atoms with Crippen molar-refractivity contribution < 1.29 is 9.53 Å². The zero-order valence-corrected chi connectivity index (χ0v) is 13.3. The zero-order valence-electron chi connectivity index (χ0n) is 13.3. The lowest BCUT2D eigenvalue weighted by atomic mass is 10.1. The Bertz CT molecular complexity index is 909. The van der Waals surface area contributed by atoms with E-state index >= 15 is 0 Å². The standard InChI is InChI=1S/C17H17N5O2/c1-2-12-7-11-8-21(9-17(4-5-17)22(11)16(23)24-12)15-13-3-6-18-14(13)19-10-20-15/h2-3,6-7,10H,4-5,8-9H2,1H3,(H,18,19,20)/b12-2+. The fourth-order valence-corrected chi connectivity index (χ4v) is 3.74. The van der Waals surface area contributed by atoms with Gasteiger partial charge in [0.2, 0.25) is 0 Å². The molecule has 2 aromatic heterocycles. The molecule has 1 aliphatic carbocycles. The van der Waals surface area contributed by atoms with Crippen molar-refractivity contribution in [2.24, 2.45) is 0 Å². The molecule has 2 aliphatic heterocycles. The predicted octanol–water partition coefficient (Wildman–Crippen LogP) is 2.55. The Balaban J connectivity index is 1.60. The molecule has 2 aromatic rings. The second-order valence-electron chi connectivity index (χ2n) is 6.55. The average molecular weight is 323 g/mol. The molecular formula is C17H17N5O2. The van der Waals surface area contributed by atoms with Gasteiger partial charge in [0.05, 0.1) is 17.5 Å². The van der Waals surface area contributed by atoms with Crippen LogP contribution >= 0.6 is 0 Å². The van der Waals surface area contributed by atoms with Crippen LogP contribution in [0.25, 0.3) is 11.0 Å². The third-order valence-electron chi connectivity index (χ3n) is 5.04. The third-order valence-corrected chi connectivity index (χ3v) is 5.04. The van der Waals surface area contributed by atoms with Gasteiger partial charge in [-0.3, -0.25) is 4.90 Å². The van der Waals surface area contributed by atoms with Crippen LogP contribution < -0.4 is 4.90 Å². The number of ether oxygens (including phenoxy) is 1. The molecule has 1 saturated heterocycles. The minimum Gasteiger partial charge on any atom is -0.410 e. The number of hydrogen-bond acceptors (Lipinski definition) is 5. The SMILES string of the molecule is C/C=C1\C=C2CN(c3ncnc4[nH]ccc34)CC3(CC3)N2C(=O)O1. The molecule has 2 fully saturated rings. The Morgan fingerprint density at radius 2 is 2.25 bits per heavy atom. The molecule has 1 amide bonds. The van der Waals surface area contributed by atoms with Gasteiger partial charge in [0.1, 0.15) is 23.6 Å². The molecule has 0 atom stereocenters. The number of fused-ring (bicyclic) bond motifs is 3. The van der Waals surface area contributed by atoms with Crippen LogP contribution in [0.3, 0.4) is 0 Å². The summed E-state index contributed by atoms with van der Waals surface area (Å²) in [6.45, 7) is 3.27. The first kappa shape index (κ1) is 13.6. The van der Waals surface area contributed by atoms with Crippen molar-refractivity contribution >= 4 is 22.9 Å². The summed E-state index contributed by atoms with van der Waals surface area (Å²) in [5, 5.41) is 1.01. The van der Waals surface area contributed by atoms with E-state index in [-0.39, 0.29) is 11.6 Å². The van der Waals surface area contributed by atoms with Crippen molar-refractivity contribution in [2.45, 2.75) is 25.3 Å². The highest BCUT2D eigenvalue weighted by Crippen LogP contribution is 2.49. The largest absolute Gasteiger partial charge is 0.420 e. The van der Waals surface area contributed by atoms with Gasteiger partial charge in [0, 0.05) is 24.5 Å². The van der Waals surface area contributed by atoms with Gasteiger partial charge in [-0.2, -0.15) is 0 Å². The van der Waals surface area contributed by atoms with Crippen LogP contribution in [0.4, 0.5) is 10.6 Å². The molecule has 122 valence electrons. The summed E-state index contributed by atoms with van der Waals surface area (Å²) in [4.78, 5) is 28.4. The van der Waals surface area contributed by atoms with E-state index in [0.29, 0.717) is 12.3 Å².